The van der Waals surface area contributed by atoms with E-state index in [-0.39, 0.29) is 6.04 Å². The smallest absolute Gasteiger partial charge is 0.101 e. The van der Waals surface area contributed by atoms with E-state index in [0.717, 1.165) is 16.7 Å². The van der Waals surface area contributed by atoms with Crippen molar-refractivity contribution in [1.29, 1.82) is 5.26 Å². The maximum Gasteiger partial charge on any atom is 0.101 e. The van der Waals surface area contributed by atoms with Gasteiger partial charge in [-0.25, -0.2) is 0 Å². The summed E-state index contributed by atoms with van der Waals surface area (Å²) in [5.74, 6) is 0. The highest BCUT2D eigenvalue weighted by molar-refractivity contribution is 9.10. The third-order valence-corrected chi connectivity index (χ3v) is 3.16. The van der Waals surface area contributed by atoms with Crippen molar-refractivity contribution < 1.29 is 4.74 Å². The molecule has 1 aromatic carbocycles. The van der Waals surface area contributed by atoms with Gasteiger partial charge in [0.15, 0.2) is 0 Å². The molecule has 1 unspecified atom stereocenters. The second kappa shape index (κ2) is 6.63. The number of nitriles is 1. The van der Waals surface area contributed by atoms with Gasteiger partial charge in [0.05, 0.1) is 17.9 Å². The summed E-state index contributed by atoms with van der Waals surface area (Å²) >= 11 is 3.38. The van der Waals surface area contributed by atoms with Crippen molar-refractivity contribution >= 4 is 21.6 Å². The molecule has 1 atom stereocenters. The number of halogens is 1. The second-order valence-corrected chi connectivity index (χ2v) is 4.78. The molecule has 4 heteroatoms. The van der Waals surface area contributed by atoms with Gasteiger partial charge in [-0.2, -0.15) is 5.26 Å². The van der Waals surface area contributed by atoms with Crippen LogP contribution in [0.4, 0.5) is 5.69 Å². The van der Waals surface area contributed by atoms with Crippen molar-refractivity contribution in [3.63, 3.8) is 0 Å². The summed E-state index contributed by atoms with van der Waals surface area (Å²) in [4.78, 5) is 2.18. The van der Waals surface area contributed by atoms with Crippen LogP contribution in [-0.4, -0.2) is 26.3 Å². The van der Waals surface area contributed by atoms with Gasteiger partial charge in [0, 0.05) is 24.2 Å². The molecule has 0 N–H and O–H groups in total. The Labute approximate surface area is 111 Å². The van der Waals surface area contributed by atoms with Gasteiger partial charge in [-0.05, 0) is 32.0 Å². The number of nitrogens with zero attached hydrogens (tertiary/aromatic N) is 2. The minimum atomic E-state index is 0.248. The number of rotatable bonds is 5. The topological polar surface area (TPSA) is 36.3 Å². The van der Waals surface area contributed by atoms with Crippen LogP contribution in [0.3, 0.4) is 0 Å². The summed E-state index contributed by atoms with van der Waals surface area (Å²) in [6, 6.07) is 8.26. The Morgan fingerprint density at radius 2 is 2.24 bits per heavy atom. The number of anilines is 1. The molecule has 0 aliphatic carbocycles. The van der Waals surface area contributed by atoms with Crippen LogP contribution in [0.5, 0.6) is 0 Å². The third kappa shape index (κ3) is 3.45. The summed E-state index contributed by atoms with van der Waals surface area (Å²) in [5.41, 5.74) is 1.65. The Hall–Kier alpha value is -1.05. The van der Waals surface area contributed by atoms with Crippen LogP contribution in [0.15, 0.2) is 22.7 Å². The van der Waals surface area contributed by atoms with E-state index in [2.05, 4.69) is 40.7 Å². The predicted molar refractivity (Wildman–Crippen MR) is 73.2 cm³/mol. The van der Waals surface area contributed by atoms with Gasteiger partial charge in [-0.1, -0.05) is 15.9 Å². The number of hydrogen-bond acceptors (Lipinski definition) is 3. The lowest BCUT2D eigenvalue weighted by Crippen LogP contribution is -2.36. The van der Waals surface area contributed by atoms with Crippen LogP contribution in [0.25, 0.3) is 0 Å². The summed E-state index contributed by atoms with van der Waals surface area (Å²) in [7, 11) is 1.69. The first kappa shape index (κ1) is 14.0. The normalized spacial score (nSPS) is 11.9. The van der Waals surface area contributed by atoms with Gasteiger partial charge in [-0.3, -0.25) is 0 Å². The van der Waals surface area contributed by atoms with Gasteiger partial charge in [-0.15, -0.1) is 0 Å². The van der Waals surface area contributed by atoms with E-state index in [1.807, 2.05) is 18.2 Å². The molecule has 0 amide bonds. The van der Waals surface area contributed by atoms with Gasteiger partial charge in [0.25, 0.3) is 0 Å². The van der Waals surface area contributed by atoms with Crippen LogP contribution in [-0.2, 0) is 4.74 Å². The average Bonchev–Trinajstić information content (AvgIpc) is 2.32. The fourth-order valence-corrected chi connectivity index (χ4v) is 2.26. The molecule has 3 nitrogen and oxygen atoms in total. The van der Waals surface area contributed by atoms with Crippen molar-refractivity contribution in [3.8, 4) is 6.07 Å². The van der Waals surface area contributed by atoms with Gasteiger partial charge in [0.2, 0.25) is 0 Å². The van der Waals surface area contributed by atoms with E-state index in [0.29, 0.717) is 12.2 Å². The van der Waals surface area contributed by atoms with Gasteiger partial charge < -0.3 is 9.64 Å². The largest absolute Gasteiger partial charge is 0.383 e. The number of hydrogen-bond donors (Lipinski definition) is 0. The minimum absolute atomic E-state index is 0.248. The van der Waals surface area contributed by atoms with E-state index >= 15 is 0 Å². The lowest BCUT2D eigenvalue weighted by atomic mass is 10.1. The van der Waals surface area contributed by atoms with Crippen molar-refractivity contribution in [2.24, 2.45) is 0 Å². The van der Waals surface area contributed by atoms with Gasteiger partial charge >= 0.3 is 0 Å². The van der Waals surface area contributed by atoms with Crippen LogP contribution >= 0.6 is 15.9 Å². The number of methoxy groups -OCH3 is 1. The Bertz CT molecular complexity index is 414. The third-order valence-electron chi connectivity index (χ3n) is 2.67. The molecule has 0 aliphatic heterocycles. The molecular weight excluding hydrogens is 280 g/mol. The Morgan fingerprint density at radius 3 is 2.76 bits per heavy atom. The fraction of sp³-hybridized carbons (Fsp3) is 0.462. The zero-order chi connectivity index (χ0) is 12.8. The molecule has 17 heavy (non-hydrogen) atoms. The number of benzene rings is 1. The van der Waals surface area contributed by atoms with Crippen molar-refractivity contribution in [3.05, 3.63) is 28.2 Å². The first-order valence-corrected chi connectivity index (χ1v) is 6.38. The molecular formula is C13H17BrN2O. The zero-order valence-corrected chi connectivity index (χ0v) is 12.0. The van der Waals surface area contributed by atoms with Crippen LogP contribution in [0, 0.1) is 11.3 Å². The first-order chi connectivity index (χ1) is 8.13. The van der Waals surface area contributed by atoms with E-state index in [4.69, 9.17) is 4.74 Å². The highest BCUT2D eigenvalue weighted by atomic mass is 79.9. The lowest BCUT2D eigenvalue weighted by molar-refractivity contribution is 0.182. The van der Waals surface area contributed by atoms with Crippen LogP contribution < -0.4 is 4.90 Å². The maximum absolute atomic E-state index is 9.17. The molecule has 0 saturated heterocycles. The number of ether oxygens (including phenoxy) is 1. The molecule has 0 heterocycles. The van der Waals surface area contributed by atoms with Crippen LogP contribution in [0.2, 0.25) is 0 Å². The first-order valence-electron chi connectivity index (χ1n) is 5.59. The monoisotopic (exact) mass is 296 g/mol. The molecule has 0 spiro atoms. The van der Waals surface area contributed by atoms with Crippen molar-refractivity contribution in [2.45, 2.75) is 19.9 Å². The Kier molecular flexibility index (Phi) is 5.46. The van der Waals surface area contributed by atoms with E-state index < -0.39 is 0 Å². The standard InChI is InChI=1S/C13H17BrN2O/c1-4-16(10(2)9-17-3)13-6-5-12(14)7-11(13)8-15/h5-7,10H,4,9H2,1-3H3. The molecule has 0 bridgehead atoms. The van der Waals surface area contributed by atoms with E-state index in [1.165, 1.54) is 0 Å². The molecule has 0 saturated carbocycles. The lowest BCUT2D eigenvalue weighted by Gasteiger charge is -2.30. The van der Waals surface area contributed by atoms with Crippen molar-refractivity contribution in [1.82, 2.24) is 0 Å². The quantitative estimate of drug-likeness (QED) is 0.837. The molecule has 0 aromatic heterocycles. The molecule has 0 aliphatic rings. The SMILES string of the molecule is CCN(c1ccc(Br)cc1C#N)C(C)COC. The van der Waals surface area contributed by atoms with Crippen LogP contribution in [0.1, 0.15) is 19.4 Å². The van der Waals surface area contributed by atoms with Gasteiger partial charge in [0.1, 0.15) is 6.07 Å². The Morgan fingerprint density at radius 1 is 1.53 bits per heavy atom. The maximum atomic E-state index is 9.17. The summed E-state index contributed by atoms with van der Waals surface area (Å²) in [6.07, 6.45) is 0. The zero-order valence-electron chi connectivity index (χ0n) is 10.4. The summed E-state index contributed by atoms with van der Waals surface area (Å²) < 4.78 is 6.10. The highest BCUT2D eigenvalue weighted by Crippen LogP contribution is 2.25. The fourth-order valence-electron chi connectivity index (χ4n) is 1.90. The molecule has 0 radical (unpaired) electrons. The van der Waals surface area contributed by atoms with E-state index in [1.54, 1.807) is 7.11 Å². The molecule has 1 rings (SSSR count). The van der Waals surface area contributed by atoms with E-state index in [9.17, 15) is 5.26 Å². The average molecular weight is 297 g/mol. The number of likely N-dealkylation sites (N-methyl/N-ethyl adjacent to an activating group) is 1. The summed E-state index contributed by atoms with van der Waals surface area (Å²) in [6.45, 7) is 5.67. The molecule has 0 fully saturated rings. The predicted octanol–water partition coefficient (Wildman–Crippen LogP) is 3.18. The Balaban J connectivity index is 3.08. The highest BCUT2D eigenvalue weighted by Gasteiger charge is 2.16. The second-order valence-electron chi connectivity index (χ2n) is 3.86. The molecule has 92 valence electrons. The minimum Gasteiger partial charge on any atom is -0.383 e. The van der Waals surface area contributed by atoms with Crippen molar-refractivity contribution in [2.75, 3.05) is 25.2 Å². The molecule has 1 aromatic rings. The summed E-state index contributed by atoms with van der Waals surface area (Å²) in [5, 5.41) is 9.17.